The number of rotatable bonds is 5. The molecule has 2 aromatic heterocycles. The topological polar surface area (TPSA) is 59.9 Å². The van der Waals surface area contributed by atoms with Crippen LogP contribution in [0.3, 0.4) is 0 Å². The van der Waals surface area contributed by atoms with Crippen molar-refractivity contribution in [1.82, 2.24) is 15.0 Å². The molecule has 0 aliphatic carbocycles. The van der Waals surface area contributed by atoms with E-state index in [0.29, 0.717) is 18.0 Å². The molecule has 0 saturated heterocycles. The summed E-state index contributed by atoms with van der Waals surface area (Å²) in [5, 5.41) is 2.97. The summed E-state index contributed by atoms with van der Waals surface area (Å²) in [4.78, 5) is 12.1. The zero-order valence-electron chi connectivity index (χ0n) is 12.5. The number of halogens is 1. The van der Waals surface area contributed by atoms with E-state index < -0.39 is 5.82 Å². The predicted octanol–water partition coefficient (Wildman–Crippen LogP) is 3.30. The Kier molecular flexibility index (Phi) is 4.42. The number of nitrogens with zero attached hydrogens (tertiary/aromatic N) is 3. The van der Waals surface area contributed by atoms with Gasteiger partial charge in [-0.2, -0.15) is 0 Å². The molecule has 0 spiro atoms. The van der Waals surface area contributed by atoms with Gasteiger partial charge in [0.2, 0.25) is 5.88 Å². The molecule has 1 N–H and O–H groups in total. The Morgan fingerprint density at radius 3 is 2.57 bits per heavy atom. The average Bonchev–Trinajstić information content (AvgIpc) is 2.62. The van der Waals surface area contributed by atoms with E-state index in [4.69, 9.17) is 4.74 Å². The molecular formula is C17H15FN4O. The highest BCUT2D eigenvalue weighted by molar-refractivity contribution is 5.63. The van der Waals surface area contributed by atoms with Gasteiger partial charge in [-0.15, -0.1) is 0 Å². The fraction of sp³-hybridized carbons (Fsp3) is 0.118. The minimum absolute atomic E-state index is 0.162. The fourth-order valence-corrected chi connectivity index (χ4v) is 2.11. The Bertz CT molecular complexity index is 778. The van der Waals surface area contributed by atoms with Crippen molar-refractivity contribution in [2.45, 2.75) is 6.54 Å². The Balaban J connectivity index is 1.78. The lowest BCUT2D eigenvalue weighted by molar-refractivity contribution is 0.397. The molecule has 6 heteroatoms. The van der Waals surface area contributed by atoms with Gasteiger partial charge >= 0.3 is 0 Å². The first kappa shape index (κ1) is 14.9. The molecule has 0 radical (unpaired) electrons. The van der Waals surface area contributed by atoms with E-state index in [2.05, 4.69) is 20.3 Å². The third-order valence-electron chi connectivity index (χ3n) is 3.30. The molecule has 3 aromatic rings. The van der Waals surface area contributed by atoms with Gasteiger partial charge in [-0.1, -0.05) is 36.4 Å². The summed E-state index contributed by atoms with van der Waals surface area (Å²) < 4.78 is 19.6. The van der Waals surface area contributed by atoms with Gasteiger partial charge in [-0.3, -0.25) is 0 Å². The van der Waals surface area contributed by atoms with Gasteiger partial charge < -0.3 is 10.1 Å². The second-order valence-electron chi connectivity index (χ2n) is 4.81. The summed E-state index contributed by atoms with van der Waals surface area (Å²) in [6.45, 7) is 0.402. The highest BCUT2D eigenvalue weighted by Gasteiger charge is 2.12. The third-order valence-corrected chi connectivity index (χ3v) is 3.30. The average molecular weight is 310 g/mol. The smallest absolute Gasteiger partial charge is 0.212 e. The summed E-state index contributed by atoms with van der Waals surface area (Å²) in [5.41, 5.74) is 1.88. The molecule has 116 valence electrons. The van der Waals surface area contributed by atoms with Crippen molar-refractivity contribution in [2.24, 2.45) is 0 Å². The van der Waals surface area contributed by atoms with Crippen LogP contribution < -0.4 is 10.1 Å². The maximum absolute atomic E-state index is 14.6. The van der Waals surface area contributed by atoms with Crippen LogP contribution in [-0.2, 0) is 6.54 Å². The number of aromatic nitrogens is 3. The van der Waals surface area contributed by atoms with Crippen molar-refractivity contribution in [3.63, 3.8) is 0 Å². The largest absolute Gasteiger partial charge is 0.481 e. The van der Waals surface area contributed by atoms with Gasteiger partial charge in [0.05, 0.1) is 7.11 Å². The number of anilines is 1. The van der Waals surface area contributed by atoms with E-state index in [9.17, 15) is 4.39 Å². The van der Waals surface area contributed by atoms with Crippen LogP contribution in [0.1, 0.15) is 5.56 Å². The second kappa shape index (κ2) is 6.83. The van der Waals surface area contributed by atoms with Crippen molar-refractivity contribution in [3.05, 3.63) is 66.4 Å². The number of nitrogens with one attached hydrogen (secondary N) is 1. The lowest BCUT2D eigenvalue weighted by Gasteiger charge is -2.09. The third kappa shape index (κ3) is 3.42. The molecule has 0 amide bonds. The molecule has 0 bridgehead atoms. The number of benzene rings is 1. The monoisotopic (exact) mass is 310 g/mol. The van der Waals surface area contributed by atoms with Crippen molar-refractivity contribution in [2.75, 3.05) is 12.4 Å². The summed E-state index contributed by atoms with van der Waals surface area (Å²) in [5.74, 6) is 0.225. The molecule has 0 saturated carbocycles. The zero-order valence-corrected chi connectivity index (χ0v) is 12.5. The minimum Gasteiger partial charge on any atom is -0.481 e. The van der Waals surface area contributed by atoms with Gasteiger partial charge in [0.25, 0.3) is 0 Å². The van der Waals surface area contributed by atoms with Crippen molar-refractivity contribution < 1.29 is 9.13 Å². The van der Waals surface area contributed by atoms with Crippen molar-refractivity contribution in [1.29, 1.82) is 0 Å². The van der Waals surface area contributed by atoms with Crippen LogP contribution in [0.15, 0.2) is 55.0 Å². The fourth-order valence-electron chi connectivity index (χ4n) is 2.11. The number of hydrogen-bond acceptors (Lipinski definition) is 5. The first-order valence-corrected chi connectivity index (χ1v) is 7.06. The lowest BCUT2D eigenvalue weighted by atomic mass is 10.1. The normalized spacial score (nSPS) is 10.3. The van der Waals surface area contributed by atoms with Crippen LogP contribution >= 0.6 is 0 Å². The molecule has 1 aromatic carbocycles. The van der Waals surface area contributed by atoms with Crippen LogP contribution in [0.5, 0.6) is 5.88 Å². The van der Waals surface area contributed by atoms with Crippen LogP contribution in [-0.4, -0.2) is 22.1 Å². The van der Waals surface area contributed by atoms with Crippen LogP contribution in [0.2, 0.25) is 0 Å². The Morgan fingerprint density at radius 2 is 1.87 bits per heavy atom. The number of methoxy groups -OCH3 is 1. The van der Waals surface area contributed by atoms with Gasteiger partial charge in [-0.25, -0.2) is 19.3 Å². The van der Waals surface area contributed by atoms with Crippen LogP contribution in [0.4, 0.5) is 10.2 Å². The Morgan fingerprint density at radius 1 is 1.04 bits per heavy atom. The second-order valence-corrected chi connectivity index (χ2v) is 4.81. The van der Waals surface area contributed by atoms with Crippen LogP contribution in [0.25, 0.3) is 11.3 Å². The molecule has 0 fully saturated rings. The first-order chi connectivity index (χ1) is 11.3. The summed E-state index contributed by atoms with van der Waals surface area (Å²) in [7, 11) is 1.56. The SMILES string of the molecule is COc1ccc(CNc2ncnc(-c3ccccc3)c2F)cn1. The van der Waals surface area contributed by atoms with Crippen molar-refractivity contribution >= 4 is 5.82 Å². The number of pyridine rings is 1. The molecule has 3 rings (SSSR count). The minimum atomic E-state index is -0.472. The number of ether oxygens (including phenoxy) is 1. The molecule has 5 nitrogen and oxygen atoms in total. The summed E-state index contributed by atoms with van der Waals surface area (Å²) in [6, 6.07) is 12.8. The highest BCUT2D eigenvalue weighted by Crippen LogP contribution is 2.23. The van der Waals surface area contributed by atoms with Gasteiger partial charge in [0.15, 0.2) is 11.6 Å². The van der Waals surface area contributed by atoms with Gasteiger partial charge in [0.1, 0.15) is 12.0 Å². The molecular weight excluding hydrogens is 295 g/mol. The van der Waals surface area contributed by atoms with Gasteiger partial charge in [-0.05, 0) is 5.56 Å². The quantitative estimate of drug-likeness (QED) is 0.783. The molecule has 0 atom stereocenters. The van der Waals surface area contributed by atoms with E-state index >= 15 is 0 Å². The molecule has 0 aliphatic heterocycles. The summed E-state index contributed by atoms with van der Waals surface area (Å²) >= 11 is 0. The van der Waals surface area contributed by atoms with E-state index in [1.165, 1.54) is 6.33 Å². The predicted molar refractivity (Wildman–Crippen MR) is 85.5 cm³/mol. The Hall–Kier alpha value is -3.02. The van der Waals surface area contributed by atoms with E-state index in [0.717, 1.165) is 5.56 Å². The first-order valence-electron chi connectivity index (χ1n) is 7.06. The lowest BCUT2D eigenvalue weighted by Crippen LogP contribution is -2.06. The zero-order chi connectivity index (χ0) is 16.1. The van der Waals surface area contributed by atoms with Crippen molar-refractivity contribution in [3.8, 4) is 17.1 Å². The van der Waals surface area contributed by atoms with E-state index in [1.807, 2.05) is 36.4 Å². The van der Waals surface area contributed by atoms with E-state index in [-0.39, 0.29) is 11.5 Å². The van der Waals surface area contributed by atoms with E-state index in [1.54, 1.807) is 19.4 Å². The molecule has 0 unspecified atom stereocenters. The highest BCUT2D eigenvalue weighted by atomic mass is 19.1. The van der Waals surface area contributed by atoms with Crippen LogP contribution in [0, 0.1) is 5.82 Å². The Labute approximate surface area is 133 Å². The maximum Gasteiger partial charge on any atom is 0.212 e. The molecule has 2 heterocycles. The standard InChI is InChI=1S/C17H15FN4O/c1-23-14-8-7-12(9-19-14)10-20-17-15(18)16(21-11-22-17)13-5-3-2-4-6-13/h2-9,11H,10H2,1H3,(H,20,21,22). The summed E-state index contributed by atoms with van der Waals surface area (Å²) in [6.07, 6.45) is 3.02. The molecule has 0 aliphatic rings. The maximum atomic E-state index is 14.6. The van der Waals surface area contributed by atoms with Gasteiger partial charge in [0, 0.05) is 24.4 Å². The molecule has 23 heavy (non-hydrogen) atoms. The number of hydrogen-bond donors (Lipinski definition) is 1.